The summed E-state index contributed by atoms with van der Waals surface area (Å²) >= 11 is 0. The summed E-state index contributed by atoms with van der Waals surface area (Å²) in [6, 6.07) is 4.94. The Bertz CT molecular complexity index is 431. The van der Waals surface area contributed by atoms with Crippen LogP contribution in [0.4, 0.5) is 0 Å². The van der Waals surface area contributed by atoms with E-state index in [0.717, 1.165) is 6.29 Å². The van der Waals surface area contributed by atoms with Crippen molar-refractivity contribution in [3.8, 4) is 11.5 Å². The van der Waals surface area contributed by atoms with Crippen molar-refractivity contribution in [1.29, 1.82) is 0 Å². The topological polar surface area (TPSA) is 55.8 Å². The number of rotatable bonds is 6. The van der Waals surface area contributed by atoms with E-state index in [-0.39, 0.29) is 5.91 Å². The smallest absolute Gasteiger partial charge is 0.219 e. The molecule has 0 aromatic heterocycles. The summed E-state index contributed by atoms with van der Waals surface area (Å²) in [5.74, 6) is 1.05. The second-order valence-electron chi connectivity index (χ2n) is 3.82. The van der Waals surface area contributed by atoms with Crippen molar-refractivity contribution < 1.29 is 19.1 Å². The Kier molecular flexibility index (Phi) is 5.17. The Morgan fingerprint density at radius 2 is 2.11 bits per heavy atom. The molecule has 98 valence electrons. The Morgan fingerprint density at radius 3 is 2.67 bits per heavy atom. The van der Waals surface area contributed by atoms with Gasteiger partial charge in [-0.05, 0) is 18.2 Å². The van der Waals surface area contributed by atoms with Crippen molar-refractivity contribution in [3.63, 3.8) is 0 Å². The number of benzene rings is 1. The van der Waals surface area contributed by atoms with Crippen LogP contribution in [0, 0.1) is 0 Å². The monoisotopic (exact) mass is 251 g/mol. The van der Waals surface area contributed by atoms with Gasteiger partial charge >= 0.3 is 0 Å². The van der Waals surface area contributed by atoms with Crippen molar-refractivity contribution in [1.82, 2.24) is 4.90 Å². The number of amides is 1. The van der Waals surface area contributed by atoms with Crippen LogP contribution in [0.25, 0.3) is 0 Å². The summed E-state index contributed by atoms with van der Waals surface area (Å²) in [5, 5.41) is 0. The molecule has 0 radical (unpaired) electrons. The zero-order valence-electron chi connectivity index (χ0n) is 10.8. The largest absolute Gasteiger partial charge is 0.493 e. The lowest BCUT2D eigenvalue weighted by molar-refractivity contribution is -0.127. The number of nitrogens with zero attached hydrogens (tertiary/aromatic N) is 1. The molecule has 0 atom stereocenters. The van der Waals surface area contributed by atoms with E-state index in [4.69, 9.17) is 9.47 Å². The van der Waals surface area contributed by atoms with Crippen LogP contribution < -0.4 is 9.47 Å². The molecular formula is C13H17NO4. The molecule has 1 rings (SSSR count). The van der Waals surface area contributed by atoms with Gasteiger partial charge in [-0.15, -0.1) is 0 Å². The van der Waals surface area contributed by atoms with E-state index < -0.39 is 0 Å². The number of hydrogen-bond acceptors (Lipinski definition) is 4. The average molecular weight is 251 g/mol. The van der Waals surface area contributed by atoms with E-state index in [2.05, 4.69) is 0 Å². The molecule has 0 aliphatic heterocycles. The van der Waals surface area contributed by atoms with Crippen LogP contribution in [-0.2, 0) is 4.79 Å². The third kappa shape index (κ3) is 3.76. The maximum atomic E-state index is 11.0. The van der Waals surface area contributed by atoms with Crippen molar-refractivity contribution in [3.05, 3.63) is 23.8 Å². The number of likely N-dealkylation sites (N-methyl/N-ethyl adjacent to an activating group) is 1. The normalized spacial score (nSPS) is 9.72. The molecule has 18 heavy (non-hydrogen) atoms. The van der Waals surface area contributed by atoms with Gasteiger partial charge < -0.3 is 14.4 Å². The van der Waals surface area contributed by atoms with Gasteiger partial charge in [0, 0.05) is 19.5 Å². The maximum Gasteiger partial charge on any atom is 0.219 e. The van der Waals surface area contributed by atoms with Crippen LogP contribution in [0.3, 0.4) is 0 Å². The van der Waals surface area contributed by atoms with Gasteiger partial charge in [-0.25, -0.2) is 0 Å². The zero-order chi connectivity index (χ0) is 13.5. The zero-order valence-corrected chi connectivity index (χ0v) is 10.8. The van der Waals surface area contributed by atoms with Crippen LogP contribution in [0.5, 0.6) is 11.5 Å². The SMILES string of the molecule is COc1cc(C=O)ccc1OCCN(C)C(C)=O. The third-order valence-corrected chi connectivity index (χ3v) is 2.55. The fourth-order valence-electron chi connectivity index (χ4n) is 1.33. The van der Waals surface area contributed by atoms with Gasteiger partial charge in [0.1, 0.15) is 12.9 Å². The lowest BCUT2D eigenvalue weighted by Gasteiger charge is -2.16. The summed E-state index contributed by atoms with van der Waals surface area (Å²) in [6.45, 7) is 2.36. The minimum atomic E-state index is -0.0122. The first-order valence-electron chi connectivity index (χ1n) is 5.56. The lowest BCUT2D eigenvalue weighted by Crippen LogP contribution is -2.28. The molecule has 0 N–H and O–H groups in total. The number of methoxy groups -OCH3 is 1. The minimum Gasteiger partial charge on any atom is -0.493 e. The first-order chi connectivity index (χ1) is 8.58. The van der Waals surface area contributed by atoms with E-state index in [1.54, 1.807) is 30.1 Å². The van der Waals surface area contributed by atoms with Crippen LogP contribution in [0.15, 0.2) is 18.2 Å². The number of hydrogen-bond donors (Lipinski definition) is 0. The van der Waals surface area contributed by atoms with Crippen molar-refractivity contribution >= 4 is 12.2 Å². The molecule has 5 heteroatoms. The molecule has 1 aromatic carbocycles. The molecule has 0 heterocycles. The molecule has 0 spiro atoms. The summed E-state index contributed by atoms with van der Waals surface area (Å²) in [6.07, 6.45) is 0.746. The average Bonchev–Trinajstić information content (AvgIpc) is 2.38. The fraction of sp³-hybridized carbons (Fsp3) is 0.385. The predicted molar refractivity (Wildman–Crippen MR) is 67.2 cm³/mol. The standard InChI is InChI=1S/C13H17NO4/c1-10(16)14(2)6-7-18-12-5-4-11(9-15)8-13(12)17-3/h4-5,8-9H,6-7H2,1-3H3. The highest BCUT2D eigenvalue weighted by Gasteiger charge is 2.07. The highest BCUT2D eigenvalue weighted by atomic mass is 16.5. The second-order valence-corrected chi connectivity index (χ2v) is 3.82. The van der Waals surface area contributed by atoms with Crippen LogP contribution >= 0.6 is 0 Å². The maximum absolute atomic E-state index is 11.0. The first-order valence-corrected chi connectivity index (χ1v) is 5.56. The molecule has 1 amide bonds. The second kappa shape index (κ2) is 6.64. The summed E-state index contributed by atoms with van der Waals surface area (Å²) in [5.41, 5.74) is 0.528. The van der Waals surface area contributed by atoms with Crippen molar-refractivity contribution in [2.75, 3.05) is 27.3 Å². The first kappa shape index (κ1) is 14.0. The van der Waals surface area contributed by atoms with E-state index >= 15 is 0 Å². The van der Waals surface area contributed by atoms with E-state index in [0.29, 0.717) is 30.2 Å². The lowest BCUT2D eigenvalue weighted by atomic mass is 10.2. The highest BCUT2D eigenvalue weighted by molar-refractivity contribution is 5.76. The fourth-order valence-corrected chi connectivity index (χ4v) is 1.33. The van der Waals surface area contributed by atoms with E-state index in [1.807, 2.05) is 0 Å². The van der Waals surface area contributed by atoms with Gasteiger partial charge in [0.15, 0.2) is 11.5 Å². The molecule has 0 fully saturated rings. The summed E-state index contributed by atoms with van der Waals surface area (Å²) in [4.78, 5) is 23.2. The molecule has 0 aliphatic carbocycles. The molecule has 0 saturated heterocycles. The van der Waals surface area contributed by atoms with Gasteiger partial charge in [-0.3, -0.25) is 9.59 Å². The van der Waals surface area contributed by atoms with Crippen molar-refractivity contribution in [2.24, 2.45) is 0 Å². The number of carbonyl (C=O) groups excluding carboxylic acids is 2. The Hall–Kier alpha value is -2.04. The highest BCUT2D eigenvalue weighted by Crippen LogP contribution is 2.27. The van der Waals surface area contributed by atoms with Gasteiger partial charge in [0.2, 0.25) is 5.91 Å². The van der Waals surface area contributed by atoms with E-state index in [1.165, 1.54) is 14.0 Å². The molecule has 0 aliphatic rings. The van der Waals surface area contributed by atoms with Crippen molar-refractivity contribution in [2.45, 2.75) is 6.92 Å². The number of aldehydes is 1. The van der Waals surface area contributed by atoms with Crippen LogP contribution in [0.2, 0.25) is 0 Å². The van der Waals surface area contributed by atoms with E-state index in [9.17, 15) is 9.59 Å². The minimum absolute atomic E-state index is 0.0122. The molecule has 1 aromatic rings. The summed E-state index contributed by atoms with van der Waals surface area (Å²) in [7, 11) is 3.22. The Balaban J connectivity index is 2.61. The summed E-state index contributed by atoms with van der Waals surface area (Å²) < 4.78 is 10.6. The van der Waals surface area contributed by atoms with Gasteiger partial charge in [-0.1, -0.05) is 0 Å². The van der Waals surface area contributed by atoms with Gasteiger partial charge in [-0.2, -0.15) is 0 Å². The number of carbonyl (C=O) groups is 2. The van der Waals surface area contributed by atoms with Crippen LogP contribution in [-0.4, -0.2) is 44.4 Å². The molecule has 0 saturated carbocycles. The Labute approximate surface area is 106 Å². The molecular weight excluding hydrogens is 234 g/mol. The molecule has 0 unspecified atom stereocenters. The molecule has 0 bridgehead atoms. The quantitative estimate of drug-likeness (QED) is 0.716. The van der Waals surface area contributed by atoms with Gasteiger partial charge in [0.25, 0.3) is 0 Å². The molecule has 5 nitrogen and oxygen atoms in total. The van der Waals surface area contributed by atoms with Crippen LogP contribution in [0.1, 0.15) is 17.3 Å². The van der Waals surface area contributed by atoms with Gasteiger partial charge in [0.05, 0.1) is 13.7 Å². The predicted octanol–water partition coefficient (Wildman–Crippen LogP) is 1.36. The Morgan fingerprint density at radius 1 is 1.39 bits per heavy atom. The third-order valence-electron chi connectivity index (χ3n) is 2.55. The number of ether oxygens (including phenoxy) is 2.